The number of hydrogen-bond acceptors (Lipinski definition) is 4. The molecule has 0 atom stereocenters. The monoisotopic (exact) mass is 621 g/mol. The Kier molecular flexibility index (Phi) is 19.6. The van der Waals surface area contributed by atoms with E-state index in [-0.39, 0.29) is 11.8 Å². The topological polar surface area (TPSA) is 64.7 Å². The molecule has 0 bridgehead atoms. The Hall–Kier alpha value is -2.44. The van der Waals surface area contributed by atoms with Gasteiger partial charge in [0.15, 0.2) is 0 Å². The van der Waals surface area contributed by atoms with Crippen LogP contribution in [0.5, 0.6) is 0 Å². The van der Waals surface area contributed by atoms with E-state index in [0.717, 1.165) is 81.4 Å². The summed E-state index contributed by atoms with van der Waals surface area (Å²) in [6.07, 6.45) is 23.0. The summed E-state index contributed by atoms with van der Waals surface area (Å²) in [5.41, 5.74) is 0.753. The maximum Gasteiger partial charge on any atom is 0.251 e. The van der Waals surface area contributed by atoms with Crippen molar-refractivity contribution >= 4 is 22.6 Å². The molecule has 252 valence electrons. The number of piperazine rings is 1. The summed E-state index contributed by atoms with van der Waals surface area (Å²) in [4.78, 5) is 30.0. The molecule has 6 heteroatoms. The van der Waals surface area contributed by atoms with Crippen molar-refractivity contribution in [3.63, 3.8) is 0 Å². The molecule has 2 aromatic rings. The molecular weight excluding hydrogens is 556 g/mol. The van der Waals surface area contributed by atoms with Crippen molar-refractivity contribution in [3.05, 3.63) is 48.0 Å². The highest BCUT2D eigenvalue weighted by molar-refractivity contribution is 6.06. The quantitative estimate of drug-likeness (QED) is 0.110. The highest BCUT2D eigenvalue weighted by Gasteiger charge is 2.16. The Morgan fingerprint density at radius 1 is 0.578 bits per heavy atom. The van der Waals surface area contributed by atoms with Gasteiger partial charge in [-0.15, -0.1) is 0 Å². The van der Waals surface area contributed by atoms with Gasteiger partial charge in [-0.2, -0.15) is 0 Å². The Bertz CT molecular complexity index is 1060. The lowest BCUT2D eigenvalue weighted by molar-refractivity contribution is -0.121. The van der Waals surface area contributed by atoms with E-state index in [1.807, 2.05) is 42.5 Å². The molecule has 0 unspecified atom stereocenters. The lowest BCUT2D eigenvalue weighted by atomic mass is 10.0. The number of carbonyl (C=O) groups excluding carboxylic acids is 2. The Morgan fingerprint density at radius 2 is 1.07 bits per heavy atom. The van der Waals surface area contributed by atoms with E-state index in [4.69, 9.17) is 0 Å². The second kappa shape index (κ2) is 23.8. The van der Waals surface area contributed by atoms with Gasteiger partial charge >= 0.3 is 0 Å². The van der Waals surface area contributed by atoms with Crippen LogP contribution in [-0.4, -0.2) is 74.0 Å². The molecule has 1 fully saturated rings. The van der Waals surface area contributed by atoms with Crippen LogP contribution in [-0.2, 0) is 4.79 Å². The van der Waals surface area contributed by atoms with Gasteiger partial charge in [-0.25, -0.2) is 0 Å². The minimum Gasteiger partial charge on any atom is -0.356 e. The molecule has 3 rings (SSSR count). The first-order chi connectivity index (χ1) is 22.2. The Morgan fingerprint density at radius 3 is 1.64 bits per heavy atom. The van der Waals surface area contributed by atoms with Crippen molar-refractivity contribution in [1.82, 2.24) is 20.4 Å². The van der Waals surface area contributed by atoms with Crippen LogP contribution in [0.15, 0.2) is 42.5 Å². The van der Waals surface area contributed by atoms with Crippen LogP contribution >= 0.6 is 0 Å². The third-order valence-corrected chi connectivity index (χ3v) is 9.42. The zero-order valence-corrected chi connectivity index (χ0v) is 28.6. The molecule has 1 aliphatic rings. The average Bonchev–Trinajstić information content (AvgIpc) is 3.07. The number of carbonyl (C=O) groups is 2. The van der Waals surface area contributed by atoms with Crippen molar-refractivity contribution < 1.29 is 9.59 Å². The number of nitrogens with one attached hydrogen (secondary N) is 2. The van der Waals surface area contributed by atoms with E-state index in [9.17, 15) is 9.59 Å². The largest absolute Gasteiger partial charge is 0.356 e. The molecule has 1 aliphatic heterocycles. The summed E-state index contributed by atoms with van der Waals surface area (Å²) in [5.74, 6) is 0.237. The summed E-state index contributed by atoms with van der Waals surface area (Å²) in [7, 11) is 0. The first-order valence-corrected chi connectivity index (χ1v) is 18.6. The van der Waals surface area contributed by atoms with Crippen molar-refractivity contribution in [2.24, 2.45) is 0 Å². The molecule has 0 aromatic heterocycles. The smallest absolute Gasteiger partial charge is 0.251 e. The van der Waals surface area contributed by atoms with Gasteiger partial charge in [0.05, 0.1) is 0 Å². The second-order valence-electron chi connectivity index (χ2n) is 13.2. The lowest BCUT2D eigenvalue weighted by Gasteiger charge is -2.34. The van der Waals surface area contributed by atoms with Crippen molar-refractivity contribution in [2.45, 2.75) is 122 Å². The van der Waals surface area contributed by atoms with E-state index in [1.165, 1.54) is 89.9 Å². The molecule has 0 spiro atoms. The van der Waals surface area contributed by atoms with Crippen LogP contribution in [0.25, 0.3) is 10.8 Å². The van der Waals surface area contributed by atoms with Gasteiger partial charge in [-0.1, -0.05) is 133 Å². The van der Waals surface area contributed by atoms with Crippen molar-refractivity contribution in [2.75, 3.05) is 52.4 Å². The summed E-state index contributed by atoms with van der Waals surface area (Å²) < 4.78 is 0. The molecule has 0 saturated carbocycles. The standard InChI is InChI=1S/C39H64N4O2/c1-2-3-4-5-6-7-8-9-10-11-12-13-14-15-16-26-38(44)40-27-20-29-42-31-33-43(34-32-42)30-21-28-41-39(45)37-25-19-23-35-22-17-18-24-36(35)37/h17-19,22-25H,2-16,20-21,26-34H2,1H3,(H,40,44)(H,41,45). The maximum absolute atomic E-state index is 12.7. The predicted octanol–water partition coefficient (Wildman–Crippen LogP) is 8.35. The van der Waals surface area contributed by atoms with E-state index in [1.54, 1.807) is 0 Å². The molecule has 2 aromatic carbocycles. The van der Waals surface area contributed by atoms with Gasteiger partial charge in [0.1, 0.15) is 0 Å². The van der Waals surface area contributed by atoms with Gasteiger partial charge < -0.3 is 20.4 Å². The van der Waals surface area contributed by atoms with Gasteiger partial charge in [0.2, 0.25) is 5.91 Å². The fourth-order valence-corrected chi connectivity index (χ4v) is 6.54. The summed E-state index contributed by atoms with van der Waals surface area (Å²) in [6, 6.07) is 14.0. The fraction of sp³-hybridized carbons (Fsp3) is 0.692. The summed E-state index contributed by atoms with van der Waals surface area (Å²) in [6.45, 7) is 10.1. The van der Waals surface area contributed by atoms with Gasteiger partial charge in [0, 0.05) is 51.3 Å². The third-order valence-electron chi connectivity index (χ3n) is 9.42. The number of unbranched alkanes of at least 4 members (excludes halogenated alkanes) is 14. The highest BCUT2D eigenvalue weighted by Crippen LogP contribution is 2.18. The van der Waals surface area contributed by atoms with Crippen LogP contribution in [0, 0.1) is 0 Å². The first-order valence-electron chi connectivity index (χ1n) is 18.6. The van der Waals surface area contributed by atoms with Gasteiger partial charge in [-0.05, 0) is 49.2 Å². The molecular formula is C39H64N4O2. The van der Waals surface area contributed by atoms with E-state index in [0.29, 0.717) is 13.0 Å². The number of rotatable bonds is 25. The SMILES string of the molecule is CCCCCCCCCCCCCCCCCC(=O)NCCCN1CCN(CCCNC(=O)c2cccc3ccccc23)CC1. The van der Waals surface area contributed by atoms with Gasteiger partial charge in [-0.3, -0.25) is 9.59 Å². The zero-order valence-electron chi connectivity index (χ0n) is 28.6. The normalized spacial score (nSPS) is 14.2. The van der Waals surface area contributed by atoms with Crippen LogP contribution in [0.3, 0.4) is 0 Å². The van der Waals surface area contributed by atoms with Crippen molar-refractivity contribution in [3.8, 4) is 0 Å². The molecule has 2 N–H and O–H groups in total. The van der Waals surface area contributed by atoms with E-state index in [2.05, 4.69) is 27.4 Å². The van der Waals surface area contributed by atoms with Crippen LogP contribution in [0.1, 0.15) is 133 Å². The third kappa shape index (κ3) is 16.1. The number of fused-ring (bicyclic) bond motifs is 1. The average molecular weight is 621 g/mol. The second-order valence-corrected chi connectivity index (χ2v) is 13.2. The number of nitrogens with zero attached hydrogens (tertiary/aromatic N) is 2. The van der Waals surface area contributed by atoms with E-state index >= 15 is 0 Å². The highest BCUT2D eigenvalue weighted by atomic mass is 16.2. The van der Waals surface area contributed by atoms with Crippen LogP contribution in [0.2, 0.25) is 0 Å². The summed E-state index contributed by atoms with van der Waals surface area (Å²) >= 11 is 0. The Balaban J connectivity index is 1.07. The maximum atomic E-state index is 12.7. The molecule has 45 heavy (non-hydrogen) atoms. The Labute approximate surface area is 275 Å². The molecule has 2 amide bonds. The lowest BCUT2D eigenvalue weighted by Crippen LogP contribution is -2.47. The molecule has 1 heterocycles. The molecule has 6 nitrogen and oxygen atoms in total. The van der Waals surface area contributed by atoms with E-state index < -0.39 is 0 Å². The van der Waals surface area contributed by atoms with Gasteiger partial charge in [0.25, 0.3) is 5.91 Å². The molecule has 0 radical (unpaired) electrons. The predicted molar refractivity (Wildman–Crippen MR) is 191 cm³/mol. The number of hydrogen-bond donors (Lipinski definition) is 2. The van der Waals surface area contributed by atoms with Crippen molar-refractivity contribution in [1.29, 1.82) is 0 Å². The number of benzene rings is 2. The van der Waals surface area contributed by atoms with Crippen LogP contribution in [0.4, 0.5) is 0 Å². The minimum absolute atomic E-state index is 0.0125. The summed E-state index contributed by atoms with van der Waals surface area (Å²) in [5, 5.41) is 8.35. The number of amides is 2. The van der Waals surface area contributed by atoms with Crippen LogP contribution < -0.4 is 10.6 Å². The molecule has 0 aliphatic carbocycles. The zero-order chi connectivity index (χ0) is 31.8. The fourth-order valence-electron chi connectivity index (χ4n) is 6.54. The minimum atomic E-state index is 0.0125. The molecule has 1 saturated heterocycles. The first kappa shape index (κ1) is 37.0.